The highest BCUT2D eigenvalue weighted by molar-refractivity contribution is 5.67. The van der Waals surface area contributed by atoms with Crippen molar-refractivity contribution >= 4 is 5.97 Å². The van der Waals surface area contributed by atoms with Gasteiger partial charge in [-0.25, -0.2) is 0 Å². The number of hydrogen-bond acceptors (Lipinski definition) is 4. The zero-order valence-corrected chi connectivity index (χ0v) is 15.1. The lowest BCUT2D eigenvalue weighted by atomic mass is 9.89. The number of rotatable bonds is 7. The maximum absolute atomic E-state index is 11.2. The second kappa shape index (κ2) is 8.80. The molecule has 0 radical (unpaired) electrons. The van der Waals surface area contributed by atoms with Crippen molar-refractivity contribution in [1.29, 1.82) is 0 Å². The maximum Gasteiger partial charge on any atom is 0.305 e. The molecule has 0 saturated carbocycles. The van der Waals surface area contributed by atoms with Crippen LogP contribution in [0.4, 0.5) is 0 Å². The summed E-state index contributed by atoms with van der Waals surface area (Å²) < 4.78 is 18.6. The molecule has 2 aliphatic heterocycles. The molecular weight excluding hydrogens is 332 g/mol. The van der Waals surface area contributed by atoms with Crippen LogP contribution in [0, 0.1) is 0 Å². The number of carboxylic acid groups (broad SMARTS) is 1. The summed E-state index contributed by atoms with van der Waals surface area (Å²) in [6, 6.07) is 10.0. The van der Waals surface area contributed by atoms with Crippen LogP contribution in [0.1, 0.15) is 50.5 Å². The molecule has 5 nitrogen and oxygen atoms in total. The standard InChI is InChI=1S/C21H28O5/c1-2-7-17-10-6-11-21(25-17)14-19(12-18(26-21)13-20(22)23)24-15-16-8-4-3-5-9-16/h2-5,8-9,17-19H,1,6-7,10-15H2,(H,22,23)/t17-,18-,19-,21-/m1/s1. The molecular formula is C21H28O5. The third kappa shape index (κ3) is 5.16. The van der Waals surface area contributed by atoms with Crippen molar-refractivity contribution in [2.75, 3.05) is 0 Å². The number of carbonyl (C=O) groups is 1. The normalized spacial score (nSPS) is 31.6. The van der Waals surface area contributed by atoms with Gasteiger partial charge in [-0.05, 0) is 24.8 Å². The van der Waals surface area contributed by atoms with Crippen molar-refractivity contribution in [3.63, 3.8) is 0 Å². The van der Waals surface area contributed by atoms with Crippen LogP contribution in [0.5, 0.6) is 0 Å². The number of benzene rings is 1. The molecule has 2 saturated heterocycles. The van der Waals surface area contributed by atoms with Gasteiger partial charge in [0.2, 0.25) is 0 Å². The molecule has 2 heterocycles. The summed E-state index contributed by atoms with van der Waals surface area (Å²) in [6.45, 7) is 4.31. The van der Waals surface area contributed by atoms with E-state index in [9.17, 15) is 9.90 Å². The first kappa shape index (κ1) is 19.1. The molecule has 1 spiro atoms. The SMILES string of the molecule is C=CC[C@@H]1CCC[C@@]2(C[C@H](OCc3ccccc3)C[C@H](CC(=O)O)O2)O1. The van der Waals surface area contributed by atoms with E-state index in [2.05, 4.69) is 6.58 Å². The van der Waals surface area contributed by atoms with E-state index in [4.69, 9.17) is 14.2 Å². The van der Waals surface area contributed by atoms with Crippen LogP contribution in [-0.2, 0) is 25.6 Å². The lowest BCUT2D eigenvalue weighted by molar-refractivity contribution is -0.329. The molecule has 1 N–H and O–H groups in total. The average Bonchev–Trinajstić information content (AvgIpc) is 2.60. The summed E-state index contributed by atoms with van der Waals surface area (Å²) in [5.41, 5.74) is 1.11. The molecule has 26 heavy (non-hydrogen) atoms. The van der Waals surface area contributed by atoms with E-state index in [1.807, 2.05) is 36.4 Å². The number of ether oxygens (including phenoxy) is 3. The number of hydrogen-bond donors (Lipinski definition) is 1. The van der Waals surface area contributed by atoms with Gasteiger partial charge in [-0.2, -0.15) is 0 Å². The van der Waals surface area contributed by atoms with Crippen LogP contribution in [0.3, 0.4) is 0 Å². The van der Waals surface area contributed by atoms with Gasteiger partial charge >= 0.3 is 5.97 Å². The summed E-state index contributed by atoms with van der Waals surface area (Å²) in [6.07, 6.45) is 6.24. The highest BCUT2D eigenvalue weighted by atomic mass is 16.7. The monoisotopic (exact) mass is 360 g/mol. The minimum atomic E-state index is -0.854. The molecule has 0 unspecified atom stereocenters. The quantitative estimate of drug-likeness (QED) is 0.743. The van der Waals surface area contributed by atoms with E-state index in [-0.39, 0.29) is 24.7 Å². The van der Waals surface area contributed by atoms with E-state index >= 15 is 0 Å². The van der Waals surface area contributed by atoms with Crippen LogP contribution >= 0.6 is 0 Å². The molecule has 3 rings (SSSR count). The van der Waals surface area contributed by atoms with E-state index < -0.39 is 11.8 Å². The van der Waals surface area contributed by atoms with E-state index in [0.717, 1.165) is 31.2 Å². The second-order valence-electron chi connectivity index (χ2n) is 7.26. The Morgan fingerprint density at radius 2 is 2.08 bits per heavy atom. The van der Waals surface area contributed by atoms with Crippen molar-refractivity contribution < 1.29 is 24.1 Å². The van der Waals surface area contributed by atoms with Crippen LogP contribution in [0.2, 0.25) is 0 Å². The fraction of sp³-hybridized carbons (Fsp3) is 0.571. The third-order valence-electron chi connectivity index (χ3n) is 5.07. The lowest BCUT2D eigenvalue weighted by Crippen LogP contribution is -2.52. The van der Waals surface area contributed by atoms with Crippen molar-refractivity contribution in [3.05, 3.63) is 48.6 Å². The summed E-state index contributed by atoms with van der Waals surface area (Å²) in [7, 11) is 0. The summed E-state index contributed by atoms with van der Waals surface area (Å²) in [4.78, 5) is 11.2. The van der Waals surface area contributed by atoms with E-state index in [1.165, 1.54) is 0 Å². The van der Waals surface area contributed by atoms with E-state index in [0.29, 0.717) is 19.4 Å². The zero-order chi connectivity index (χ0) is 18.4. The average molecular weight is 360 g/mol. The third-order valence-corrected chi connectivity index (χ3v) is 5.07. The second-order valence-corrected chi connectivity index (χ2v) is 7.26. The Morgan fingerprint density at radius 3 is 2.81 bits per heavy atom. The Balaban J connectivity index is 1.68. The molecule has 142 valence electrons. The maximum atomic E-state index is 11.2. The van der Waals surface area contributed by atoms with Gasteiger partial charge in [0, 0.05) is 19.3 Å². The number of aliphatic carboxylic acids is 1. The van der Waals surface area contributed by atoms with Gasteiger partial charge in [-0.1, -0.05) is 36.4 Å². The summed E-state index contributed by atoms with van der Waals surface area (Å²) in [5, 5.41) is 9.21. The van der Waals surface area contributed by atoms with Crippen molar-refractivity contribution in [3.8, 4) is 0 Å². The highest BCUT2D eigenvalue weighted by Gasteiger charge is 2.46. The van der Waals surface area contributed by atoms with Crippen LogP contribution in [-0.4, -0.2) is 35.2 Å². The van der Waals surface area contributed by atoms with Crippen LogP contribution in [0.25, 0.3) is 0 Å². The highest BCUT2D eigenvalue weighted by Crippen LogP contribution is 2.41. The minimum Gasteiger partial charge on any atom is -0.481 e. The van der Waals surface area contributed by atoms with Gasteiger partial charge in [0.15, 0.2) is 5.79 Å². The van der Waals surface area contributed by atoms with Crippen molar-refractivity contribution in [1.82, 2.24) is 0 Å². The van der Waals surface area contributed by atoms with E-state index in [1.54, 1.807) is 0 Å². The van der Waals surface area contributed by atoms with Crippen molar-refractivity contribution in [2.24, 2.45) is 0 Å². The molecule has 2 fully saturated rings. The molecule has 1 aromatic carbocycles. The molecule has 0 amide bonds. The molecule has 0 aromatic heterocycles. The first-order valence-corrected chi connectivity index (χ1v) is 9.42. The predicted octanol–water partition coefficient (Wildman–Crippen LogP) is 4.07. The lowest BCUT2D eigenvalue weighted by Gasteiger charge is -2.48. The topological polar surface area (TPSA) is 65.0 Å². The molecule has 5 heteroatoms. The smallest absolute Gasteiger partial charge is 0.305 e. The van der Waals surface area contributed by atoms with Gasteiger partial charge in [-0.15, -0.1) is 6.58 Å². The fourth-order valence-corrected chi connectivity index (χ4v) is 3.97. The Kier molecular flexibility index (Phi) is 6.46. The molecule has 2 aliphatic rings. The van der Waals surface area contributed by atoms with Crippen LogP contribution in [0.15, 0.2) is 43.0 Å². The minimum absolute atomic E-state index is 0.0254. The Morgan fingerprint density at radius 1 is 1.31 bits per heavy atom. The summed E-state index contributed by atoms with van der Waals surface area (Å²) in [5.74, 6) is -1.58. The molecule has 0 aliphatic carbocycles. The predicted molar refractivity (Wildman–Crippen MR) is 97.6 cm³/mol. The van der Waals surface area contributed by atoms with Gasteiger partial charge in [0.1, 0.15) is 0 Å². The Hall–Kier alpha value is -1.69. The molecule has 4 atom stereocenters. The fourth-order valence-electron chi connectivity index (χ4n) is 3.97. The van der Waals surface area contributed by atoms with Crippen molar-refractivity contribution in [2.45, 2.75) is 75.7 Å². The van der Waals surface area contributed by atoms with Gasteiger partial charge in [-0.3, -0.25) is 4.79 Å². The molecule has 1 aromatic rings. The van der Waals surface area contributed by atoms with Gasteiger partial charge in [0.25, 0.3) is 0 Å². The van der Waals surface area contributed by atoms with Crippen LogP contribution < -0.4 is 0 Å². The Bertz CT molecular complexity index is 602. The largest absolute Gasteiger partial charge is 0.481 e. The first-order valence-electron chi connectivity index (χ1n) is 9.42. The Labute approximate surface area is 155 Å². The summed E-state index contributed by atoms with van der Waals surface area (Å²) >= 11 is 0. The zero-order valence-electron chi connectivity index (χ0n) is 15.1. The number of carboxylic acids is 1. The van der Waals surface area contributed by atoms with Gasteiger partial charge < -0.3 is 19.3 Å². The van der Waals surface area contributed by atoms with Gasteiger partial charge in [0.05, 0.1) is 31.3 Å². The first-order chi connectivity index (χ1) is 12.6. The molecule has 0 bridgehead atoms.